The van der Waals surface area contributed by atoms with Crippen molar-refractivity contribution < 1.29 is 27.8 Å². The molecule has 0 rings (SSSR count). The van der Waals surface area contributed by atoms with Gasteiger partial charge < -0.3 is 20.9 Å². The smallest absolute Gasteiger partial charge is 0.282 e. The van der Waals surface area contributed by atoms with Crippen LogP contribution in [0.3, 0.4) is 0 Å². The molecule has 0 aliphatic carbocycles. The van der Waals surface area contributed by atoms with Gasteiger partial charge >= 0.3 is 0 Å². The molecule has 0 aliphatic heterocycles. The number of carbonyl (C=O) groups excluding carboxylic acids is 1. The van der Waals surface area contributed by atoms with Crippen molar-refractivity contribution in [1.82, 2.24) is 5.32 Å². The van der Waals surface area contributed by atoms with E-state index < -0.39 is 50.9 Å². The number of hydrogen-bond donors (Lipinski definition) is 3. The van der Waals surface area contributed by atoms with Crippen molar-refractivity contribution in [2.45, 2.75) is 12.1 Å². The second-order valence-electron chi connectivity index (χ2n) is 3.13. The van der Waals surface area contributed by atoms with Crippen molar-refractivity contribution in [3.8, 4) is 0 Å². The van der Waals surface area contributed by atoms with Gasteiger partial charge in [-0.15, -0.1) is 0 Å². The molecule has 0 aromatic heterocycles. The minimum Gasteiger partial charge on any atom is -0.387 e. The highest BCUT2D eigenvalue weighted by molar-refractivity contribution is 5.76. The van der Waals surface area contributed by atoms with Crippen LogP contribution in [0, 0.1) is 0 Å². The molecular formula is C8H15F3N2O3. The number of alkyl halides is 3. The molecule has 5 nitrogen and oxygen atoms in total. The van der Waals surface area contributed by atoms with E-state index in [1.807, 2.05) is 5.32 Å². The lowest BCUT2D eigenvalue weighted by atomic mass is 10.3. The molecule has 0 heterocycles. The monoisotopic (exact) mass is 244 g/mol. The Labute approximate surface area is 90.7 Å². The summed E-state index contributed by atoms with van der Waals surface area (Å²) in [6, 6.07) is 0. The van der Waals surface area contributed by atoms with Crippen LogP contribution in [0.4, 0.5) is 13.2 Å². The molecule has 96 valence electrons. The molecule has 0 spiro atoms. The number of carbonyl (C=O) groups is 1. The molecule has 0 aromatic carbocycles. The van der Waals surface area contributed by atoms with Crippen LogP contribution >= 0.6 is 0 Å². The summed E-state index contributed by atoms with van der Waals surface area (Å²) in [6.45, 7) is -3.54. The molecule has 0 bridgehead atoms. The van der Waals surface area contributed by atoms with Gasteiger partial charge in [0.25, 0.3) is 5.92 Å². The van der Waals surface area contributed by atoms with Crippen LogP contribution in [0.25, 0.3) is 0 Å². The number of aliphatic hydroxyl groups is 1. The minimum absolute atomic E-state index is 0.395. The predicted molar refractivity (Wildman–Crippen MR) is 49.8 cm³/mol. The van der Waals surface area contributed by atoms with E-state index >= 15 is 0 Å². The summed E-state index contributed by atoms with van der Waals surface area (Å²) in [5.74, 6) is -3.91. The molecular weight excluding hydrogens is 229 g/mol. The first kappa shape index (κ1) is 15.1. The van der Waals surface area contributed by atoms with Gasteiger partial charge in [-0.1, -0.05) is 0 Å². The number of rotatable bonds is 8. The van der Waals surface area contributed by atoms with Gasteiger partial charge in [0.05, 0.1) is 19.7 Å². The number of nitrogens with two attached hydrogens (primary N) is 1. The maximum absolute atomic E-state index is 12.9. The van der Waals surface area contributed by atoms with E-state index in [4.69, 9.17) is 10.8 Å². The maximum Gasteiger partial charge on any atom is 0.282 e. The van der Waals surface area contributed by atoms with E-state index in [0.29, 0.717) is 0 Å². The number of aliphatic hydroxyl groups excluding tert-OH is 1. The Bertz CT molecular complexity index is 217. The molecule has 0 saturated heterocycles. The Balaban J connectivity index is 3.58. The van der Waals surface area contributed by atoms with E-state index in [1.54, 1.807) is 0 Å². The standard InChI is InChI=1S/C8H15F3N2O3/c9-6(1-13-7(15)2-14)3-16-5-8(10,11)4-12/h6,14H,1-5,12H2,(H,13,15). The lowest BCUT2D eigenvalue weighted by Gasteiger charge is -2.15. The second-order valence-corrected chi connectivity index (χ2v) is 3.13. The van der Waals surface area contributed by atoms with E-state index in [2.05, 4.69) is 4.74 Å². The van der Waals surface area contributed by atoms with Crippen LogP contribution in [-0.2, 0) is 9.53 Å². The Morgan fingerprint density at radius 3 is 2.69 bits per heavy atom. The van der Waals surface area contributed by atoms with Gasteiger partial charge in [-0.3, -0.25) is 4.79 Å². The van der Waals surface area contributed by atoms with Crippen molar-refractivity contribution in [2.24, 2.45) is 5.73 Å². The van der Waals surface area contributed by atoms with Gasteiger partial charge in [0.1, 0.15) is 19.4 Å². The summed E-state index contributed by atoms with van der Waals surface area (Å²) >= 11 is 0. The average molecular weight is 244 g/mol. The normalized spacial score (nSPS) is 13.6. The summed E-state index contributed by atoms with van der Waals surface area (Å²) in [6.07, 6.45) is -1.61. The van der Waals surface area contributed by atoms with Crippen LogP contribution in [-0.4, -0.2) is 56.0 Å². The van der Waals surface area contributed by atoms with E-state index in [1.165, 1.54) is 0 Å². The molecule has 0 fully saturated rings. The van der Waals surface area contributed by atoms with Crippen molar-refractivity contribution in [3.05, 3.63) is 0 Å². The van der Waals surface area contributed by atoms with Gasteiger partial charge in [-0.2, -0.15) is 0 Å². The molecule has 16 heavy (non-hydrogen) atoms. The van der Waals surface area contributed by atoms with E-state index in [0.717, 1.165) is 0 Å². The number of hydrogen-bond acceptors (Lipinski definition) is 4. The molecule has 0 aliphatic rings. The summed E-state index contributed by atoms with van der Waals surface area (Å²) in [7, 11) is 0. The largest absolute Gasteiger partial charge is 0.387 e. The number of nitrogens with one attached hydrogen (secondary N) is 1. The highest BCUT2D eigenvalue weighted by atomic mass is 19.3. The fraction of sp³-hybridized carbons (Fsp3) is 0.875. The van der Waals surface area contributed by atoms with Crippen LogP contribution in [0.15, 0.2) is 0 Å². The topological polar surface area (TPSA) is 84.6 Å². The van der Waals surface area contributed by atoms with Crippen molar-refractivity contribution in [3.63, 3.8) is 0 Å². The fourth-order valence-corrected chi connectivity index (χ4v) is 0.734. The second kappa shape index (κ2) is 7.42. The van der Waals surface area contributed by atoms with Gasteiger partial charge in [-0.25, -0.2) is 13.2 Å². The van der Waals surface area contributed by atoms with Crippen LogP contribution in [0.5, 0.6) is 0 Å². The first-order chi connectivity index (χ1) is 7.41. The third-order valence-corrected chi connectivity index (χ3v) is 1.57. The molecule has 1 atom stereocenters. The van der Waals surface area contributed by atoms with Gasteiger partial charge in [-0.05, 0) is 0 Å². The van der Waals surface area contributed by atoms with Crippen molar-refractivity contribution >= 4 is 5.91 Å². The number of halogens is 3. The summed E-state index contributed by atoms with van der Waals surface area (Å²) in [4.78, 5) is 10.5. The highest BCUT2D eigenvalue weighted by Crippen LogP contribution is 2.11. The summed E-state index contributed by atoms with van der Waals surface area (Å²) in [5.41, 5.74) is 4.73. The molecule has 0 saturated carbocycles. The van der Waals surface area contributed by atoms with Crippen molar-refractivity contribution in [1.29, 1.82) is 0 Å². The predicted octanol–water partition coefficient (Wildman–Crippen LogP) is -0.956. The third-order valence-electron chi connectivity index (χ3n) is 1.57. The Morgan fingerprint density at radius 2 is 2.19 bits per heavy atom. The van der Waals surface area contributed by atoms with Gasteiger partial charge in [0, 0.05) is 0 Å². The summed E-state index contributed by atoms with van der Waals surface area (Å²) < 4.78 is 42.3. The third kappa shape index (κ3) is 7.43. The molecule has 8 heteroatoms. The van der Waals surface area contributed by atoms with E-state index in [9.17, 15) is 18.0 Å². The molecule has 1 unspecified atom stereocenters. The average Bonchev–Trinajstić information content (AvgIpc) is 2.25. The lowest BCUT2D eigenvalue weighted by molar-refractivity contribution is -0.124. The maximum atomic E-state index is 12.9. The highest BCUT2D eigenvalue weighted by Gasteiger charge is 2.27. The zero-order chi connectivity index (χ0) is 12.6. The molecule has 1 amide bonds. The zero-order valence-corrected chi connectivity index (χ0v) is 8.59. The van der Waals surface area contributed by atoms with Crippen LogP contribution in [0.2, 0.25) is 0 Å². The quantitative estimate of drug-likeness (QED) is 0.513. The fourth-order valence-electron chi connectivity index (χ4n) is 0.734. The zero-order valence-electron chi connectivity index (χ0n) is 8.59. The van der Waals surface area contributed by atoms with Gasteiger partial charge in [0.15, 0.2) is 0 Å². The molecule has 4 N–H and O–H groups in total. The van der Waals surface area contributed by atoms with Crippen LogP contribution < -0.4 is 11.1 Å². The van der Waals surface area contributed by atoms with Gasteiger partial charge in [0.2, 0.25) is 5.91 Å². The van der Waals surface area contributed by atoms with E-state index in [-0.39, 0.29) is 0 Å². The van der Waals surface area contributed by atoms with Crippen molar-refractivity contribution in [2.75, 3.05) is 32.9 Å². The minimum atomic E-state index is -3.17. The first-order valence-corrected chi connectivity index (χ1v) is 4.58. The Kier molecular flexibility index (Phi) is 7.02. The number of amides is 1. The first-order valence-electron chi connectivity index (χ1n) is 4.58. The Morgan fingerprint density at radius 1 is 1.56 bits per heavy atom. The molecule has 0 radical (unpaired) electrons. The lowest BCUT2D eigenvalue weighted by Crippen LogP contribution is -2.37. The Hall–Kier alpha value is -0.860. The number of ether oxygens (including phenoxy) is 1. The van der Waals surface area contributed by atoms with Crippen LogP contribution in [0.1, 0.15) is 0 Å². The SMILES string of the molecule is NCC(F)(F)COCC(F)CNC(=O)CO. The molecule has 0 aromatic rings. The summed E-state index contributed by atoms with van der Waals surface area (Å²) in [5, 5.41) is 10.3.